The van der Waals surface area contributed by atoms with Crippen LogP contribution in [0.15, 0.2) is 24.5 Å². The number of aliphatic hydroxyl groups is 1. The molecule has 0 bridgehead atoms. The number of pyridine rings is 1. The summed E-state index contributed by atoms with van der Waals surface area (Å²) in [6, 6.07) is 2.89. The summed E-state index contributed by atoms with van der Waals surface area (Å²) in [6.45, 7) is 2.60. The lowest BCUT2D eigenvalue weighted by Gasteiger charge is -2.18. The van der Waals surface area contributed by atoms with Gasteiger partial charge in [-0.05, 0) is 6.07 Å². The van der Waals surface area contributed by atoms with E-state index in [0.29, 0.717) is 0 Å². The number of carboxylic acid groups (broad SMARTS) is 2. The molecule has 0 aromatic carbocycles. The molecule has 1 aliphatic rings. The van der Waals surface area contributed by atoms with Crippen LogP contribution < -0.4 is 4.57 Å². The predicted molar refractivity (Wildman–Crippen MR) is 91.4 cm³/mol. The molecule has 5 atom stereocenters. The maximum absolute atomic E-state index is 11.7. The van der Waals surface area contributed by atoms with Gasteiger partial charge in [0.2, 0.25) is 0 Å². The van der Waals surface area contributed by atoms with Crippen LogP contribution in [-0.4, -0.2) is 64.1 Å². The molecule has 3 N–H and O–H groups in total. The molecule has 2 heterocycles. The predicted octanol–water partition coefficient (Wildman–Crippen LogP) is -0.484. The zero-order valence-electron chi connectivity index (χ0n) is 15.8. The Labute approximate surface area is 165 Å². The smallest absolute Gasteiger partial charge is 0.341 e. The van der Waals surface area contributed by atoms with Crippen LogP contribution in [-0.2, 0) is 28.6 Å². The standard InChI is InChI=1S/C18H21NO10/c1-9-13(8-27-18(26)12(21)6-14(22)23)29-16(15(9)28-10(2)20)19-5-3-4-11(7-19)17(24)25/h3-5,7,9,12-13,15-16,21H,6,8H2,1-2H3,(H-,22,23,24,25)/p+1/t9-,12+,13-,15-,16-/m1/s1. The maximum Gasteiger partial charge on any atom is 0.341 e. The Kier molecular flexibility index (Phi) is 7.23. The molecule has 0 unspecified atom stereocenters. The van der Waals surface area contributed by atoms with Gasteiger partial charge < -0.3 is 29.5 Å². The number of carbonyl (C=O) groups excluding carboxylic acids is 2. The van der Waals surface area contributed by atoms with Crippen LogP contribution in [0.2, 0.25) is 0 Å². The summed E-state index contributed by atoms with van der Waals surface area (Å²) < 4.78 is 17.5. The number of ether oxygens (including phenoxy) is 3. The Bertz CT molecular complexity index is 795. The van der Waals surface area contributed by atoms with Crippen LogP contribution in [0, 0.1) is 5.92 Å². The highest BCUT2D eigenvalue weighted by Crippen LogP contribution is 2.33. The van der Waals surface area contributed by atoms with Gasteiger partial charge in [-0.1, -0.05) is 6.92 Å². The van der Waals surface area contributed by atoms with Crippen LogP contribution in [0.25, 0.3) is 0 Å². The fraction of sp³-hybridized carbons (Fsp3) is 0.500. The molecule has 158 valence electrons. The van der Waals surface area contributed by atoms with Crippen molar-refractivity contribution >= 4 is 23.9 Å². The van der Waals surface area contributed by atoms with Crippen molar-refractivity contribution in [1.82, 2.24) is 0 Å². The van der Waals surface area contributed by atoms with Crippen molar-refractivity contribution in [3.63, 3.8) is 0 Å². The first-order valence-corrected chi connectivity index (χ1v) is 8.73. The van der Waals surface area contributed by atoms with Crippen LogP contribution in [0.5, 0.6) is 0 Å². The van der Waals surface area contributed by atoms with E-state index in [4.69, 9.17) is 24.4 Å². The molecular weight excluding hydrogens is 390 g/mol. The van der Waals surface area contributed by atoms with Crippen molar-refractivity contribution in [2.24, 2.45) is 5.92 Å². The minimum atomic E-state index is -1.81. The fourth-order valence-electron chi connectivity index (χ4n) is 2.93. The van der Waals surface area contributed by atoms with E-state index in [2.05, 4.69) is 0 Å². The van der Waals surface area contributed by atoms with E-state index >= 15 is 0 Å². The Morgan fingerprint density at radius 2 is 1.97 bits per heavy atom. The summed E-state index contributed by atoms with van der Waals surface area (Å²) in [4.78, 5) is 45.0. The molecule has 1 aromatic rings. The summed E-state index contributed by atoms with van der Waals surface area (Å²) in [7, 11) is 0. The first-order valence-electron chi connectivity index (χ1n) is 8.73. The average molecular weight is 412 g/mol. The topological polar surface area (TPSA) is 161 Å². The molecule has 0 aliphatic carbocycles. The monoisotopic (exact) mass is 412 g/mol. The van der Waals surface area contributed by atoms with Gasteiger partial charge in [0, 0.05) is 18.9 Å². The Hall–Kier alpha value is -3.05. The van der Waals surface area contributed by atoms with Gasteiger partial charge in [-0.25, -0.2) is 9.59 Å². The lowest BCUT2D eigenvalue weighted by Crippen LogP contribution is -2.46. The van der Waals surface area contributed by atoms with Crippen LogP contribution in [0.4, 0.5) is 0 Å². The molecule has 0 amide bonds. The number of nitrogens with zero attached hydrogens (tertiary/aromatic N) is 1. The molecule has 1 saturated heterocycles. The summed E-state index contributed by atoms with van der Waals surface area (Å²) in [5.41, 5.74) is -0.00278. The SMILES string of the molecule is CC(=O)O[C@@H]1[C@H](C)[C@@H](COC(=O)[C@@H](O)CC(=O)O)O[C@H]1[n+]1cccc(C(=O)O)c1. The minimum absolute atomic E-state index is 0.00278. The molecule has 2 rings (SSSR count). The number of carbonyl (C=O) groups is 4. The van der Waals surface area contributed by atoms with Crippen molar-refractivity contribution < 1.29 is 53.3 Å². The minimum Gasteiger partial charge on any atom is -0.481 e. The molecule has 0 saturated carbocycles. The Morgan fingerprint density at radius 1 is 1.28 bits per heavy atom. The van der Waals surface area contributed by atoms with Crippen molar-refractivity contribution in [2.45, 2.75) is 44.8 Å². The van der Waals surface area contributed by atoms with E-state index in [1.807, 2.05) is 0 Å². The summed E-state index contributed by atoms with van der Waals surface area (Å²) >= 11 is 0. The first-order chi connectivity index (χ1) is 13.6. The zero-order chi connectivity index (χ0) is 21.7. The Morgan fingerprint density at radius 3 is 2.55 bits per heavy atom. The third-order valence-electron chi connectivity index (χ3n) is 4.39. The van der Waals surface area contributed by atoms with Crippen molar-refractivity contribution in [1.29, 1.82) is 0 Å². The molecule has 29 heavy (non-hydrogen) atoms. The van der Waals surface area contributed by atoms with E-state index in [-0.39, 0.29) is 12.2 Å². The first kappa shape index (κ1) is 22.2. The van der Waals surface area contributed by atoms with E-state index in [0.717, 1.165) is 0 Å². The van der Waals surface area contributed by atoms with Crippen LogP contribution >= 0.6 is 0 Å². The second kappa shape index (κ2) is 9.43. The highest BCUT2D eigenvalue weighted by Gasteiger charge is 2.50. The van der Waals surface area contributed by atoms with Gasteiger partial charge in [-0.15, -0.1) is 0 Å². The van der Waals surface area contributed by atoms with E-state index in [9.17, 15) is 24.3 Å². The van der Waals surface area contributed by atoms with Gasteiger partial charge in [-0.2, -0.15) is 4.57 Å². The molecule has 11 heteroatoms. The molecule has 0 radical (unpaired) electrons. The van der Waals surface area contributed by atoms with E-state index < -0.39 is 60.8 Å². The number of aliphatic hydroxyl groups excluding tert-OH is 1. The van der Waals surface area contributed by atoms with Crippen LogP contribution in [0.1, 0.15) is 36.9 Å². The van der Waals surface area contributed by atoms with Crippen LogP contribution in [0.3, 0.4) is 0 Å². The highest BCUT2D eigenvalue weighted by molar-refractivity contribution is 5.86. The molecular formula is C18H22NO10+. The lowest BCUT2D eigenvalue weighted by molar-refractivity contribution is -0.765. The van der Waals surface area contributed by atoms with Crippen molar-refractivity contribution in [3.05, 3.63) is 30.1 Å². The maximum atomic E-state index is 11.7. The van der Waals surface area contributed by atoms with Gasteiger partial charge in [0.1, 0.15) is 18.3 Å². The van der Waals surface area contributed by atoms with Gasteiger partial charge >= 0.3 is 30.1 Å². The van der Waals surface area contributed by atoms with E-state index in [1.54, 1.807) is 13.1 Å². The number of aromatic nitrogens is 1. The number of aromatic carboxylic acids is 1. The second-order valence-electron chi connectivity index (χ2n) is 6.59. The largest absolute Gasteiger partial charge is 0.481 e. The summed E-state index contributed by atoms with van der Waals surface area (Å²) in [5.74, 6) is -4.64. The number of esters is 2. The Balaban J connectivity index is 2.15. The fourth-order valence-corrected chi connectivity index (χ4v) is 2.93. The van der Waals surface area contributed by atoms with Gasteiger partial charge in [0.05, 0.1) is 6.42 Å². The molecule has 1 aromatic heterocycles. The highest BCUT2D eigenvalue weighted by atomic mass is 16.6. The van der Waals surface area contributed by atoms with Crippen molar-refractivity contribution in [3.8, 4) is 0 Å². The third kappa shape index (κ3) is 5.72. The number of carboxylic acids is 2. The summed E-state index contributed by atoms with van der Waals surface area (Å²) in [5, 5.41) is 27.3. The second-order valence-corrected chi connectivity index (χ2v) is 6.59. The van der Waals surface area contributed by atoms with Gasteiger partial charge in [0.15, 0.2) is 24.6 Å². The average Bonchev–Trinajstić information content (AvgIpc) is 2.94. The van der Waals surface area contributed by atoms with Crippen molar-refractivity contribution in [2.75, 3.05) is 6.61 Å². The lowest BCUT2D eigenvalue weighted by atomic mass is 10.0. The quantitative estimate of drug-likeness (QED) is 0.375. The van der Waals surface area contributed by atoms with E-state index in [1.165, 1.54) is 29.8 Å². The third-order valence-corrected chi connectivity index (χ3v) is 4.39. The molecule has 0 spiro atoms. The zero-order valence-corrected chi connectivity index (χ0v) is 15.8. The van der Waals surface area contributed by atoms with Gasteiger partial charge in [-0.3, -0.25) is 9.59 Å². The normalized spacial score (nSPS) is 24.5. The number of hydrogen-bond donors (Lipinski definition) is 3. The number of rotatable bonds is 8. The molecule has 11 nitrogen and oxygen atoms in total. The molecule has 1 fully saturated rings. The number of aliphatic carboxylic acids is 1. The summed E-state index contributed by atoms with van der Waals surface area (Å²) in [6.07, 6.45) is -2.16. The molecule has 1 aliphatic heterocycles. The number of hydrogen-bond acceptors (Lipinski definition) is 8. The van der Waals surface area contributed by atoms with Gasteiger partial charge in [0.25, 0.3) is 0 Å².